The van der Waals surface area contributed by atoms with Crippen LogP contribution in [0.25, 0.3) is 0 Å². The number of nitrogens with zero attached hydrogens (tertiary/aromatic N) is 1. The Bertz CT molecular complexity index is 581. The second-order valence-corrected chi connectivity index (χ2v) is 7.16. The molecule has 0 aliphatic carbocycles. The lowest BCUT2D eigenvalue weighted by Crippen LogP contribution is -2.46. The molecule has 2 N–H and O–H groups in total. The molecule has 1 aromatic carbocycles. The Kier molecular flexibility index (Phi) is 5.93. The van der Waals surface area contributed by atoms with E-state index in [1.165, 1.54) is 0 Å². The van der Waals surface area contributed by atoms with Gasteiger partial charge in [-0.15, -0.1) is 0 Å². The van der Waals surface area contributed by atoms with Crippen molar-refractivity contribution in [2.75, 3.05) is 26.7 Å². The van der Waals surface area contributed by atoms with E-state index in [-0.39, 0.29) is 16.8 Å². The molecule has 0 aromatic heterocycles. The van der Waals surface area contributed by atoms with Gasteiger partial charge in [0, 0.05) is 32.1 Å². The van der Waals surface area contributed by atoms with Gasteiger partial charge in [-0.25, -0.2) is 13.1 Å². The molecule has 1 saturated heterocycles. The normalized spacial score (nSPS) is 16.7. The first-order chi connectivity index (χ1) is 10.5. The number of likely N-dealkylation sites (tertiary alicyclic amines) is 1. The van der Waals surface area contributed by atoms with Crippen LogP contribution in [0.3, 0.4) is 0 Å². The zero-order valence-corrected chi connectivity index (χ0v) is 13.6. The van der Waals surface area contributed by atoms with Gasteiger partial charge in [-0.05, 0) is 32.0 Å². The molecule has 122 valence electrons. The maximum Gasteiger partial charge on any atom is 0.240 e. The van der Waals surface area contributed by atoms with E-state index in [0.717, 1.165) is 0 Å². The van der Waals surface area contributed by atoms with E-state index >= 15 is 0 Å². The lowest BCUT2D eigenvalue weighted by Gasteiger charge is -2.32. The molecular formula is C15H23N3O3S. The lowest BCUT2D eigenvalue weighted by atomic mass is 10.1. The molecule has 0 saturated carbocycles. The zero-order valence-electron chi connectivity index (χ0n) is 12.8. The minimum atomic E-state index is -3.48. The Labute approximate surface area is 131 Å². The maximum atomic E-state index is 12.3. The van der Waals surface area contributed by atoms with Gasteiger partial charge in [0.05, 0.1) is 4.90 Å². The number of nitrogens with one attached hydrogen (secondary N) is 2. The number of carbonyl (C=O) groups is 1. The van der Waals surface area contributed by atoms with E-state index in [9.17, 15) is 13.2 Å². The standard InChI is InChI=1S/C15H23N3O3S/c1-16-10-7-15(19)18-11-8-13(9-12-18)17-22(20,21)14-5-3-2-4-6-14/h2-6,13,16-17H,7-12H2,1H3. The second kappa shape index (κ2) is 7.71. The topological polar surface area (TPSA) is 78.5 Å². The van der Waals surface area contributed by atoms with Gasteiger partial charge in [0.2, 0.25) is 15.9 Å². The van der Waals surface area contributed by atoms with Crippen LogP contribution in [0.15, 0.2) is 35.2 Å². The third-order valence-corrected chi connectivity index (χ3v) is 5.35. The molecule has 1 aromatic rings. The van der Waals surface area contributed by atoms with Gasteiger partial charge < -0.3 is 10.2 Å². The van der Waals surface area contributed by atoms with E-state index in [4.69, 9.17) is 0 Å². The van der Waals surface area contributed by atoms with E-state index < -0.39 is 10.0 Å². The number of amides is 1. The van der Waals surface area contributed by atoms with Crippen LogP contribution in [0.4, 0.5) is 0 Å². The molecule has 1 amide bonds. The van der Waals surface area contributed by atoms with Gasteiger partial charge in [0.1, 0.15) is 0 Å². The van der Waals surface area contributed by atoms with E-state index in [1.807, 2.05) is 11.9 Å². The van der Waals surface area contributed by atoms with Crippen molar-refractivity contribution in [2.24, 2.45) is 0 Å². The summed E-state index contributed by atoms with van der Waals surface area (Å²) in [6.45, 7) is 1.87. The van der Waals surface area contributed by atoms with Crippen molar-refractivity contribution in [3.63, 3.8) is 0 Å². The number of benzene rings is 1. The van der Waals surface area contributed by atoms with Crippen LogP contribution < -0.4 is 10.0 Å². The first-order valence-electron chi connectivity index (χ1n) is 7.52. The Morgan fingerprint density at radius 1 is 1.23 bits per heavy atom. The van der Waals surface area contributed by atoms with Crippen molar-refractivity contribution in [1.29, 1.82) is 0 Å². The van der Waals surface area contributed by atoms with Gasteiger partial charge in [-0.2, -0.15) is 0 Å². The zero-order chi connectivity index (χ0) is 16.0. The van der Waals surface area contributed by atoms with Crippen molar-refractivity contribution >= 4 is 15.9 Å². The summed E-state index contributed by atoms with van der Waals surface area (Å²) < 4.78 is 27.3. The molecule has 0 radical (unpaired) electrons. The molecule has 0 atom stereocenters. The predicted octanol–water partition coefficient (Wildman–Crippen LogP) is 0.565. The maximum absolute atomic E-state index is 12.3. The summed E-state index contributed by atoms with van der Waals surface area (Å²) in [5.74, 6) is 0.124. The average Bonchev–Trinajstić information content (AvgIpc) is 2.54. The van der Waals surface area contributed by atoms with Crippen LogP contribution in [-0.4, -0.2) is 51.9 Å². The monoisotopic (exact) mass is 325 g/mol. The van der Waals surface area contributed by atoms with Crippen molar-refractivity contribution in [3.8, 4) is 0 Å². The van der Waals surface area contributed by atoms with Gasteiger partial charge in [-0.1, -0.05) is 18.2 Å². The summed E-state index contributed by atoms with van der Waals surface area (Å²) in [4.78, 5) is 14.0. The fraction of sp³-hybridized carbons (Fsp3) is 0.533. The van der Waals surface area contributed by atoms with Gasteiger partial charge in [-0.3, -0.25) is 4.79 Å². The van der Waals surface area contributed by atoms with Gasteiger partial charge in [0.15, 0.2) is 0 Å². The number of sulfonamides is 1. The minimum Gasteiger partial charge on any atom is -0.343 e. The first kappa shape index (κ1) is 16.9. The molecular weight excluding hydrogens is 302 g/mol. The molecule has 7 heteroatoms. The quantitative estimate of drug-likeness (QED) is 0.801. The fourth-order valence-corrected chi connectivity index (χ4v) is 3.85. The number of carbonyl (C=O) groups excluding carboxylic acids is 1. The Hall–Kier alpha value is -1.44. The first-order valence-corrected chi connectivity index (χ1v) is 9.01. The van der Waals surface area contributed by atoms with Crippen LogP contribution in [0.5, 0.6) is 0 Å². The Balaban J connectivity index is 1.86. The van der Waals surface area contributed by atoms with Crippen LogP contribution in [-0.2, 0) is 14.8 Å². The Morgan fingerprint density at radius 3 is 2.45 bits per heavy atom. The molecule has 22 heavy (non-hydrogen) atoms. The van der Waals surface area contributed by atoms with Crippen LogP contribution >= 0.6 is 0 Å². The Morgan fingerprint density at radius 2 is 1.86 bits per heavy atom. The van der Waals surface area contributed by atoms with E-state index in [0.29, 0.717) is 38.9 Å². The van der Waals surface area contributed by atoms with Crippen molar-refractivity contribution in [3.05, 3.63) is 30.3 Å². The van der Waals surface area contributed by atoms with Gasteiger partial charge >= 0.3 is 0 Å². The van der Waals surface area contributed by atoms with E-state index in [1.54, 1.807) is 30.3 Å². The highest BCUT2D eigenvalue weighted by Gasteiger charge is 2.26. The van der Waals surface area contributed by atoms with Crippen molar-refractivity contribution < 1.29 is 13.2 Å². The summed E-state index contributed by atoms with van der Waals surface area (Å²) in [7, 11) is -1.66. The molecule has 2 rings (SSSR count). The van der Waals surface area contributed by atoms with Crippen LogP contribution in [0.2, 0.25) is 0 Å². The summed E-state index contributed by atoms with van der Waals surface area (Å²) in [5, 5.41) is 2.96. The van der Waals surface area contributed by atoms with Crippen molar-refractivity contribution in [1.82, 2.24) is 14.9 Å². The number of hydrogen-bond acceptors (Lipinski definition) is 4. The molecule has 0 unspecified atom stereocenters. The smallest absolute Gasteiger partial charge is 0.240 e. The molecule has 1 heterocycles. The summed E-state index contributed by atoms with van der Waals surface area (Å²) in [5.41, 5.74) is 0. The highest BCUT2D eigenvalue weighted by molar-refractivity contribution is 7.89. The van der Waals surface area contributed by atoms with Crippen LogP contribution in [0.1, 0.15) is 19.3 Å². The molecule has 6 nitrogen and oxygen atoms in total. The highest BCUT2D eigenvalue weighted by atomic mass is 32.2. The van der Waals surface area contributed by atoms with Crippen LogP contribution in [0, 0.1) is 0 Å². The minimum absolute atomic E-state index is 0.112. The summed E-state index contributed by atoms with van der Waals surface area (Å²) in [6.07, 6.45) is 1.78. The molecule has 1 fully saturated rings. The number of hydrogen-bond donors (Lipinski definition) is 2. The largest absolute Gasteiger partial charge is 0.343 e. The SMILES string of the molecule is CNCCC(=O)N1CCC(NS(=O)(=O)c2ccccc2)CC1. The summed E-state index contributed by atoms with van der Waals surface area (Å²) in [6, 6.07) is 8.25. The van der Waals surface area contributed by atoms with Crippen molar-refractivity contribution in [2.45, 2.75) is 30.2 Å². The average molecular weight is 325 g/mol. The highest BCUT2D eigenvalue weighted by Crippen LogP contribution is 2.15. The summed E-state index contributed by atoms with van der Waals surface area (Å²) >= 11 is 0. The predicted molar refractivity (Wildman–Crippen MR) is 84.9 cm³/mol. The molecule has 1 aliphatic heterocycles. The molecule has 1 aliphatic rings. The number of piperidine rings is 1. The number of rotatable bonds is 6. The second-order valence-electron chi connectivity index (χ2n) is 5.44. The lowest BCUT2D eigenvalue weighted by molar-refractivity contribution is -0.132. The van der Waals surface area contributed by atoms with Gasteiger partial charge in [0.25, 0.3) is 0 Å². The van der Waals surface area contributed by atoms with E-state index in [2.05, 4.69) is 10.0 Å². The fourth-order valence-electron chi connectivity index (χ4n) is 2.52. The molecule has 0 spiro atoms. The third kappa shape index (κ3) is 4.53. The molecule has 0 bridgehead atoms. The third-order valence-electron chi connectivity index (χ3n) is 3.81.